The predicted octanol–water partition coefficient (Wildman–Crippen LogP) is 3.55. The second-order valence-electron chi connectivity index (χ2n) is 8.26. The van der Waals surface area contributed by atoms with Gasteiger partial charge in [0.25, 0.3) is 5.91 Å². The lowest BCUT2D eigenvalue weighted by Gasteiger charge is -2.27. The Labute approximate surface area is 204 Å². The number of amides is 1. The number of nitrogens with one attached hydrogen (secondary N) is 1. The van der Waals surface area contributed by atoms with Gasteiger partial charge in [0.2, 0.25) is 0 Å². The number of nitrogens with zero attached hydrogens (tertiary/aromatic N) is 2. The summed E-state index contributed by atoms with van der Waals surface area (Å²) in [7, 11) is 0. The van der Waals surface area contributed by atoms with E-state index in [4.69, 9.17) is 9.47 Å². The molecule has 180 valence electrons. The van der Waals surface area contributed by atoms with Gasteiger partial charge < -0.3 is 24.8 Å². The van der Waals surface area contributed by atoms with E-state index in [1.165, 1.54) is 18.2 Å². The van der Waals surface area contributed by atoms with Crippen LogP contribution in [0.2, 0.25) is 0 Å². The summed E-state index contributed by atoms with van der Waals surface area (Å²) in [6.45, 7) is 3.71. The number of aliphatic hydroxyl groups excluding tert-OH is 1. The number of ether oxygens (including phenoxy) is 2. The molecule has 34 heavy (non-hydrogen) atoms. The molecule has 2 aliphatic rings. The van der Waals surface area contributed by atoms with Crippen LogP contribution in [0.1, 0.15) is 24.8 Å². The molecule has 0 unspecified atom stereocenters. The van der Waals surface area contributed by atoms with Crippen molar-refractivity contribution in [2.24, 2.45) is 4.99 Å². The number of amidine groups is 1. The van der Waals surface area contributed by atoms with Crippen LogP contribution in [0.5, 0.6) is 11.5 Å². The van der Waals surface area contributed by atoms with Gasteiger partial charge in [0.1, 0.15) is 30.8 Å². The quantitative estimate of drug-likeness (QED) is 0.397. The topological polar surface area (TPSA) is 83.4 Å². The molecule has 0 radical (unpaired) electrons. The molecule has 0 aromatic heterocycles. The number of piperidine rings is 1. The average Bonchev–Trinajstić information content (AvgIpc) is 3.24. The van der Waals surface area contributed by atoms with E-state index in [1.807, 2.05) is 60.7 Å². The summed E-state index contributed by atoms with van der Waals surface area (Å²) in [6, 6.07) is 17.1. The molecule has 2 N–H and O–H groups in total. The fourth-order valence-corrected chi connectivity index (χ4v) is 4.67. The number of aliphatic hydroxyl groups is 1. The van der Waals surface area contributed by atoms with E-state index in [-0.39, 0.29) is 12.5 Å². The lowest BCUT2D eigenvalue weighted by atomic mass is 10.1. The van der Waals surface area contributed by atoms with Crippen LogP contribution in [0.4, 0.5) is 0 Å². The largest absolute Gasteiger partial charge is 0.492 e. The zero-order valence-electron chi connectivity index (χ0n) is 19.2. The molecule has 1 atom stereocenters. The molecule has 0 saturated carbocycles. The molecule has 2 aromatic rings. The van der Waals surface area contributed by atoms with E-state index in [0.29, 0.717) is 24.6 Å². The second kappa shape index (κ2) is 12.6. The van der Waals surface area contributed by atoms with Crippen molar-refractivity contribution in [1.82, 2.24) is 10.2 Å². The molecule has 2 aliphatic heterocycles. The number of thioether (sulfide) groups is 1. The van der Waals surface area contributed by atoms with Crippen LogP contribution in [0.25, 0.3) is 6.08 Å². The lowest BCUT2D eigenvalue weighted by molar-refractivity contribution is -0.113. The summed E-state index contributed by atoms with van der Waals surface area (Å²) >= 11 is 1.47. The summed E-state index contributed by atoms with van der Waals surface area (Å²) in [5.41, 5.74) is 0.943. The maximum Gasteiger partial charge on any atom is 0.286 e. The first-order valence-electron chi connectivity index (χ1n) is 11.7. The number of hydrogen-bond acceptors (Lipinski definition) is 7. The Hall–Kier alpha value is -2.81. The van der Waals surface area contributed by atoms with Gasteiger partial charge in [0, 0.05) is 26.2 Å². The highest BCUT2D eigenvalue weighted by atomic mass is 32.2. The molecule has 2 aromatic carbocycles. The molecule has 0 bridgehead atoms. The molecular weight excluding hydrogens is 450 g/mol. The predicted molar refractivity (Wildman–Crippen MR) is 136 cm³/mol. The van der Waals surface area contributed by atoms with Crippen molar-refractivity contribution in [3.63, 3.8) is 0 Å². The smallest absolute Gasteiger partial charge is 0.286 e. The third-order valence-electron chi connectivity index (χ3n) is 5.53. The van der Waals surface area contributed by atoms with Gasteiger partial charge in [0.15, 0.2) is 5.17 Å². The fraction of sp³-hybridized carbons (Fsp3) is 0.385. The highest BCUT2D eigenvalue weighted by Gasteiger charge is 2.26. The number of benzene rings is 2. The molecule has 4 rings (SSSR count). The molecule has 1 fully saturated rings. The van der Waals surface area contributed by atoms with Gasteiger partial charge >= 0.3 is 0 Å². The lowest BCUT2D eigenvalue weighted by Crippen LogP contribution is -2.33. The van der Waals surface area contributed by atoms with E-state index >= 15 is 0 Å². The van der Waals surface area contributed by atoms with E-state index < -0.39 is 6.10 Å². The third-order valence-corrected chi connectivity index (χ3v) is 6.57. The molecule has 1 amide bonds. The molecule has 7 nitrogen and oxygen atoms in total. The second-order valence-corrected chi connectivity index (χ2v) is 9.27. The Bertz CT molecular complexity index is 989. The zero-order chi connectivity index (χ0) is 23.6. The number of carbonyl (C=O) groups is 1. The van der Waals surface area contributed by atoms with Gasteiger partial charge in [-0.2, -0.15) is 4.99 Å². The van der Waals surface area contributed by atoms with Crippen LogP contribution >= 0.6 is 11.8 Å². The monoisotopic (exact) mass is 481 g/mol. The maximum absolute atomic E-state index is 12.3. The van der Waals surface area contributed by atoms with Gasteiger partial charge in [-0.1, -0.05) is 30.3 Å². The molecule has 8 heteroatoms. The van der Waals surface area contributed by atoms with Crippen molar-refractivity contribution >= 4 is 28.9 Å². The number of para-hydroxylation sites is 1. The number of carbonyl (C=O) groups excluding carboxylic acids is 1. The van der Waals surface area contributed by atoms with Gasteiger partial charge in [-0.15, -0.1) is 0 Å². The molecular formula is C26H31N3O4S. The van der Waals surface area contributed by atoms with Crippen molar-refractivity contribution in [3.8, 4) is 11.5 Å². The van der Waals surface area contributed by atoms with Crippen LogP contribution in [0.15, 0.2) is 64.5 Å². The Kier molecular flexibility index (Phi) is 9.01. The van der Waals surface area contributed by atoms with E-state index in [1.54, 1.807) is 0 Å². The normalized spacial score (nSPS) is 18.1. The van der Waals surface area contributed by atoms with Gasteiger partial charge in [-0.3, -0.25) is 4.79 Å². The number of aliphatic imine (C=N–C) groups is 1. The van der Waals surface area contributed by atoms with Crippen LogP contribution in [-0.4, -0.2) is 66.6 Å². The van der Waals surface area contributed by atoms with Gasteiger partial charge in [-0.25, -0.2) is 0 Å². The summed E-state index contributed by atoms with van der Waals surface area (Å²) in [5.74, 6) is 1.34. The van der Waals surface area contributed by atoms with Crippen LogP contribution in [0, 0.1) is 0 Å². The van der Waals surface area contributed by atoms with E-state index in [2.05, 4.69) is 15.2 Å². The van der Waals surface area contributed by atoms with Crippen molar-refractivity contribution in [2.45, 2.75) is 25.4 Å². The highest BCUT2D eigenvalue weighted by Crippen LogP contribution is 2.31. The average molecular weight is 482 g/mol. The molecule has 0 aliphatic carbocycles. The first-order chi connectivity index (χ1) is 16.7. The maximum atomic E-state index is 12.3. The van der Waals surface area contributed by atoms with Gasteiger partial charge in [-0.05, 0) is 66.9 Å². The Morgan fingerprint density at radius 2 is 1.76 bits per heavy atom. The molecule has 0 spiro atoms. The van der Waals surface area contributed by atoms with E-state index in [9.17, 15) is 9.90 Å². The SMILES string of the molecule is O=C1N=C(N2CCCCC2)SC1=Cc1ccc(OCCNC[C@H](O)COc2ccccc2)cc1. The third kappa shape index (κ3) is 7.35. The fourth-order valence-electron chi connectivity index (χ4n) is 3.71. The van der Waals surface area contributed by atoms with Crippen molar-refractivity contribution < 1.29 is 19.4 Å². The first kappa shape index (κ1) is 24.3. The van der Waals surface area contributed by atoms with Crippen molar-refractivity contribution in [2.75, 3.05) is 39.4 Å². The minimum absolute atomic E-state index is 0.159. The number of hydrogen-bond donors (Lipinski definition) is 2. The molecule has 1 saturated heterocycles. The summed E-state index contributed by atoms with van der Waals surface area (Å²) < 4.78 is 11.3. The number of rotatable bonds is 10. The van der Waals surface area contributed by atoms with Crippen molar-refractivity contribution in [3.05, 3.63) is 65.1 Å². The zero-order valence-corrected chi connectivity index (χ0v) is 20.0. The van der Waals surface area contributed by atoms with Crippen LogP contribution < -0.4 is 14.8 Å². The minimum Gasteiger partial charge on any atom is -0.492 e. The summed E-state index contributed by atoms with van der Waals surface area (Å²) in [5, 5.41) is 14.0. The Morgan fingerprint density at radius 1 is 1.03 bits per heavy atom. The highest BCUT2D eigenvalue weighted by molar-refractivity contribution is 8.18. The van der Waals surface area contributed by atoms with Crippen molar-refractivity contribution in [1.29, 1.82) is 0 Å². The summed E-state index contributed by atoms with van der Waals surface area (Å²) in [6.07, 6.45) is 4.86. The Morgan fingerprint density at radius 3 is 2.53 bits per heavy atom. The minimum atomic E-state index is -0.594. The summed E-state index contributed by atoms with van der Waals surface area (Å²) in [4.78, 5) is 19.4. The van der Waals surface area contributed by atoms with Gasteiger partial charge in [0.05, 0.1) is 4.91 Å². The van der Waals surface area contributed by atoms with Crippen LogP contribution in [-0.2, 0) is 4.79 Å². The van der Waals surface area contributed by atoms with E-state index in [0.717, 1.165) is 48.2 Å². The number of likely N-dealkylation sites (tertiary alicyclic amines) is 1. The Balaban J connectivity index is 1.14. The molecule has 2 heterocycles. The standard InChI is InChI=1S/C26H31N3O4S/c30-21(19-33-22-7-3-1-4-8-22)18-27-13-16-32-23-11-9-20(10-12-23)17-24-25(31)28-26(34-24)29-14-5-2-6-15-29/h1,3-4,7-12,17,21,27,30H,2,5-6,13-16,18-19H2/t21-/m0/s1. The first-order valence-corrected chi connectivity index (χ1v) is 12.6. The van der Waals surface area contributed by atoms with Crippen LogP contribution in [0.3, 0.4) is 0 Å².